The van der Waals surface area contributed by atoms with E-state index in [0.29, 0.717) is 11.6 Å². The summed E-state index contributed by atoms with van der Waals surface area (Å²) in [5, 5.41) is 3.64. The van der Waals surface area contributed by atoms with Crippen molar-refractivity contribution in [3.63, 3.8) is 0 Å². The molecular formula is C16H18ClN3O. The molecule has 0 aliphatic rings. The summed E-state index contributed by atoms with van der Waals surface area (Å²) in [6, 6.07) is 12.9. The summed E-state index contributed by atoms with van der Waals surface area (Å²) >= 11 is 5.86. The van der Waals surface area contributed by atoms with Crippen molar-refractivity contribution in [2.75, 3.05) is 7.05 Å². The average Bonchev–Trinajstić information content (AvgIpc) is 2.48. The summed E-state index contributed by atoms with van der Waals surface area (Å²) in [7, 11) is 1.75. The molecule has 1 unspecified atom stereocenters. The molecule has 4 nitrogen and oxygen atoms in total. The molecule has 2 aromatic rings. The number of aromatic nitrogens is 1. The minimum atomic E-state index is -0.136. The predicted octanol–water partition coefficient (Wildman–Crippen LogP) is 3.64. The topological polar surface area (TPSA) is 45.2 Å². The zero-order valence-electron chi connectivity index (χ0n) is 12.1. The van der Waals surface area contributed by atoms with Crippen molar-refractivity contribution < 1.29 is 4.79 Å². The smallest absolute Gasteiger partial charge is 0.317 e. The van der Waals surface area contributed by atoms with Crippen LogP contribution in [0.2, 0.25) is 5.02 Å². The third kappa shape index (κ3) is 4.46. The van der Waals surface area contributed by atoms with E-state index < -0.39 is 0 Å². The summed E-state index contributed by atoms with van der Waals surface area (Å²) in [6.07, 6.45) is 1.72. The Bertz CT molecular complexity index is 586. The van der Waals surface area contributed by atoms with Crippen LogP contribution >= 0.6 is 11.6 Å². The van der Waals surface area contributed by atoms with Crippen LogP contribution in [-0.2, 0) is 6.54 Å². The first-order chi connectivity index (χ1) is 10.1. The fraction of sp³-hybridized carbons (Fsp3) is 0.250. The lowest BCUT2D eigenvalue weighted by Crippen LogP contribution is -2.38. The van der Waals surface area contributed by atoms with Gasteiger partial charge in [0.15, 0.2) is 0 Å². The SMILES string of the molecule is CC(NC(=O)N(C)Cc1ccccn1)c1ccc(Cl)cc1. The van der Waals surface area contributed by atoms with Crippen molar-refractivity contribution >= 4 is 17.6 Å². The van der Waals surface area contributed by atoms with Gasteiger partial charge in [-0.15, -0.1) is 0 Å². The average molecular weight is 304 g/mol. The van der Waals surface area contributed by atoms with Crippen molar-refractivity contribution in [3.8, 4) is 0 Å². The van der Waals surface area contributed by atoms with E-state index in [1.165, 1.54) is 0 Å². The van der Waals surface area contributed by atoms with Gasteiger partial charge in [-0.1, -0.05) is 29.8 Å². The maximum absolute atomic E-state index is 12.2. The zero-order valence-corrected chi connectivity index (χ0v) is 12.8. The molecular weight excluding hydrogens is 286 g/mol. The van der Waals surface area contributed by atoms with Gasteiger partial charge in [0.1, 0.15) is 0 Å². The molecule has 0 fully saturated rings. The first-order valence-corrected chi connectivity index (χ1v) is 7.11. The number of hydrogen-bond acceptors (Lipinski definition) is 2. The quantitative estimate of drug-likeness (QED) is 0.937. The summed E-state index contributed by atoms with van der Waals surface area (Å²) in [4.78, 5) is 18.0. The van der Waals surface area contributed by atoms with Crippen molar-refractivity contribution in [1.29, 1.82) is 0 Å². The van der Waals surface area contributed by atoms with Gasteiger partial charge in [0, 0.05) is 18.3 Å². The van der Waals surface area contributed by atoms with Gasteiger partial charge in [0.05, 0.1) is 18.3 Å². The Morgan fingerprint density at radius 1 is 1.29 bits per heavy atom. The molecule has 2 rings (SSSR count). The minimum absolute atomic E-state index is 0.0825. The maximum atomic E-state index is 12.2. The monoisotopic (exact) mass is 303 g/mol. The molecule has 21 heavy (non-hydrogen) atoms. The fourth-order valence-electron chi connectivity index (χ4n) is 1.94. The molecule has 0 saturated carbocycles. The molecule has 0 spiro atoms. The van der Waals surface area contributed by atoms with Gasteiger partial charge in [-0.2, -0.15) is 0 Å². The minimum Gasteiger partial charge on any atom is -0.331 e. The van der Waals surface area contributed by atoms with E-state index >= 15 is 0 Å². The number of benzene rings is 1. The fourth-order valence-corrected chi connectivity index (χ4v) is 2.06. The molecule has 0 radical (unpaired) electrons. The zero-order chi connectivity index (χ0) is 15.2. The van der Waals surface area contributed by atoms with Crippen LogP contribution in [0.15, 0.2) is 48.7 Å². The summed E-state index contributed by atoms with van der Waals surface area (Å²) < 4.78 is 0. The van der Waals surface area contributed by atoms with Gasteiger partial charge in [0.25, 0.3) is 0 Å². The lowest BCUT2D eigenvalue weighted by Gasteiger charge is -2.21. The maximum Gasteiger partial charge on any atom is 0.317 e. The van der Waals surface area contributed by atoms with Crippen LogP contribution in [0.5, 0.6) is 0 Å². The molecule has 1 atom stereocenters. The number of nitrogens with one attached hydrogen (secondary N) is 1. The molecule has 0 aliphatic carbocycles. The molecule has 0 aliphatic heterocycles. The van der Waals surface area contributed by atoms with Gasteiger partial charge in [0.2, 0.25) is 0 Å². The van der Waals surface area contributed by atoms with Crippen LogP contribution in [0.4, 0.5) is 4.79 Å². The number of amides is 2. The highest BCUT2D eigenvalue weighted by Gasteiger charge is 2.13. The summed E-state index contributed by atoms with van der Waals surface area (Å²) in [6.45, 7) is 2.41. The van der Waals surface area contributed by atoms with Crippen molar-refractivity contribution in [2.24, 2.45) is 0 Å². The number of rotatable bonds is 4. The van der Waals surface area contributed by atoms with Crippen LogP contribution in [-0.4, -0.2) is 23.0 Å². The van der Waals surface area contributed by atoms with Gasteiger partial charge in [-0.05, 0) is 36.8 Å². The van der Waals surface area contributed by atoms with Crippen molar-refractivity contribution in [1.82, 2.24) is 15.2 Å². The molecule has 1 N–H and O–H groups in total. The number of nitrogens with zero attached hydrogens (tertiary/aromatic N) is 2. The number of pyridine rings is 1. The highest BCUT2D eigenvalue weighted by atomic mass is 35.5. The molecule has 1 aromatic carbocycles. The largest absolute Gasteiger partial charge is 0.331 e. The highest BCUT2D eigenvalue weighted by Crippen LogP contribution is 2.16. The normalized spacial score (nSPS) is 11.8. The van der Waals surface area contributed by atoms with E-state index in [9.17, 15) is 4.79 Å². The van der Waals surface area contributed by atoms with Gasteiger partial charge in [-0.3, -0.25) is 4.98 Å². The molecule has 1 heterocycles. The third-order valence-electron chi connectivity index (χ3n) is 3.18. The number of hydrogen-bond donors (Lipinski definition) is 1. The summed E-state index contributed by atoms with van der Waals surface area (Å²) in [5.74, 6) is 0. The Labute approximate surface area is 129 Å². The summed E-state index contributed by atoms with van der Waals surface area (Å²) in [5.41, 5.74) is 1.87. The standard InChI is InChI=1S/C16H18ClN3O/c1-12(13-6-8-14(17)9-7-13)19-16(21)20(2)11-15-5-3-4-10-18-15/h3-10,12H,11H2,1-2H3,(H,19,21). The van der Waals surface area contributed by atoms with Crippen LogP contribution in [0.3, 0.4) is 0 Å². The number of halogens is 1. The van der Waals surface area contributed by atoms with E-state index in [-0.39, 0.29) is 12.1 Å². The molecule has 0 bridgehead atoms. The van der Waals surface area contributed by atoms with E-state index in [1.54, 1.807) is 18.1 Å². The van der Waals surface area contributed by atoms with Gasteiger partial charge in [-0.25, -0.2) is 4.79 Å². The van der Waals surface area contributed by atoms with E-state index in [2.05, 4.69) is 10.3 Å². The molecule has 110 valence electrons. The molecule has 5 heteroatoms. The van der Waals surface area contributed by atoms with Crippen LogP contribution < -0.4 is 5.32 Å². The lowest BCUT2D eigenvalue weighted by molar-refractivity contribution is 0.203. The van der Waals surface area contributed by atoms with E-state index in [4.69, 9.17) is 11.6 Å². The van der Waals surface area contributed by atoms with Crippen molar-refractivity contribution in [2.45, 2.75) is 19.5 Å². The number of carbonyl (C=O) groups excluding carboxylic acids is 1. The molecule has 2 amide bonds. The third-order valence-corrected chi connectivity index (χ3v) is 3.43. The number of carbonyl (C=O) groups is 1. The van der Waals surface area contributed by atoms with Crippen molar-refractivity contribution in [3.05, 3.63) is 64.9 Å². The highest BCUT2D eigenvalue weighted by molar-refractivity contribution is 6.30. The van der Waals surface area contributed by atoms with Crippen LogP contribution in [0, 0.1) is 0 Å². The number of urea groups is 1. The Kier molecular flexibility index (Phi) is 5.17. The second kappa shape index (κ2) is 7.09. The Morgan fingerprint density at radius 3 is 2.62 bits per heavy atom. The lowest BCUT2D eigenvalue weighted by atomic mass is 10.1. The molecule has 0 saturated heterocycles. The first kappa shape index (κ1) is 15.3. The van der Waals surface area contributed by atoms with E-state index in [1.807, 2.05) is 49.4 Å². The van der Waals surface area contributed by atoms with E-state index in [0.717, 1.165) is 11.3 Å². The van der Waals surface area contributed by atoms with Gasteiger partial charge < -0.3 is 10.2 Å². The Morgan fingerprint density at radius 2 is 2.00 bits per heavy atom. The van der Waals surface area contributed by atoms with Gasteiger partial charge >= 0.3 is 6.03 Å². The Balaban J connectivity index is 1.92. The first-order valence-electron chi connectivity index (χ1n) is 6.73. The second-order valence-electron chi connectivity index (χ2n) is 4.90. The second-order valence-corrected chi connectivity index (χ2v) is 5.34. The van der Waals surface area contributed by atoms with Crippen LogP contribution in [0.1, 0.15) is 24.2 Å². The predicted molar refractivity (Wildman–Crippen MR) is 84.1 cm³/mol. The molecule has 1 aromatic heterocycles. The Hall–Kier alpha value is -2.07. The van der Waals surface area contributed by atoms with Crippen LogP contribution in [0.25, 0.3) is 0 Å².